The maximum Gasteiger partial charge on any atom is 0.306 e. The third-order valence-electron chi connectivity index (χ3n) is 14.2. The molecule has 0 aliphatic carbocycles. The van der Waals surface area contributed by atoms with Gasteiger partial charge < -0.3 is 14.2 Å². The zero-order valence-corrected chi connectivity index (χ0v) is 51.9. The summed E-state index contributed by atoms with van der Waals surface area (Å²) < 4.78 is 16.9. The molecular formula is C73H124O6. The van der Waals surface area contributed by atoms with Crippen LogP contribution in [0.5, 0.6) is 0 Å². The van der Waals surface area contributed by atoms with Crippen molar-refractivity contribution in [2.75, 3.05) is 13.2 Å². The van der Waals surface area contributed by atoms with Crippen LogP contribution in [-0.4, -0.2) is 37.2 Å². The third-order valence-corrected chi connectivity index (χ3v) is 14.2. The molecule has 0 radical (unpaired) electrons. The topological polar surface area (TPSA) is 78.9 Å². The number of carbonyl (C=O) groups is 3. The molecule has 0 aromatic carbocycles. The second-order valence-corrected chi connectivity index (χ2v) is 22.0. The molecule has 0 saturated heterocycles. The lowest BCUT2D eigenvalue weighted by molar-refractivity contribution is -0.167. The van der Waals surface area contributed by atoms with Crippen molar-refractivity contribution in [2.24, 2.45) is 0 Å². The molecule has 6 heteroatoms. The lowest BCUT2D eigenvalue weighted by Gasteiger charge is -2.18. The first-order valence-electron chi connectivity index (χ1n) is 33.4. The van der Waals surface area contributed by atoms with Crippen molar-refractivity contribution < 1.29 is 28.6 Å². The number of esters is 3. The van der Waals surface area contributed by atoms with Crippen LogP contribution >= 0.6 is 0 Å². The van der Waals surface area contributed by atoms with Crippen LogP contribution in [-0.2, 0) is 28.6 Å². The molecule has 0 heterocycles. The van der Waals surface area contributed by atoms with Crippen LogP contribution in [0.2, 0.25) is 0 Å². The molecule has 0 aliphatic heterocycles. The minimum atomic E-state index is -0.796. The fourth-order valence-corrected chi connectivity index (χ4v) is 9.30. The van der Waals surface area contributed by atoms with E-state index in [1.54, 1.807) is 0 Å². The van der Waals surface area contributed by atoms with E-state index in [1.165, 1.54) is 135 Å². The summed E-state index contributed by atoms with van der Waals surface area (Å²) in [6.07, 6.45) is 91.0. The maximum absolute atomic E-state index is 12.9. The van der Waals surface area contributed by atoms with Gasteiger partial charge in [0.1, 0.15) is 13.2 Å². The molecule has 79 heavy (non-hydrogen) atoms. The van der Waals surface area contributed by atoms with Crippen LogP contribution in [0, 0.1) is 0 Å². The Labute approximate surface area is 489 Å². The van der Waals surface area contributed by atoms with Crippen molar-refractivity contribution in [2.45, 2.75) is 322 Å². The Morgan fingerprint density at radius 1 is 0.266 bits per heavy atom. The highest BCUT2D eigenvalue weighted by atomic mass is 16.6. The fraction of sp³-hybridized carbons (Fsp3) is 0.712. The summed E-state index contributed by atoms with van der Waals surface area (Å²) in [5.74, 6) is -0.912. The largest absolute Gasteiger partial charge is 0.462 e. The molecule has 0 spiro atoms. The predicted octanol–water partition coefficient (Wildman–Crippen LogP) is 23.0. The first kappa shape index (κ1) is 75.1. The van der Waals surface area contributed by atoms with Crippen molar-refractivity contribution in [3.05, 3.63) is 109 Å². The van der Waals surface area contributed by atoms with Gasteiger partial charge in [-0.1, -0.05) is 284 Å². The van der Waals surface area contributed by atoms with Crippen LogP contribution in [0.1, 0.15) is 316 Å². The van der Waals surface area contributed by atoms with Gasteiger partial charge in [-0.05, 0) is 122 Å². The number of ether oxygens (including phenoxy) is 3. The Kier molecular flexibility index (Phi) is 63.3. The second kappa shape index (κ2) is 66.6. The summed E-state index contributed by atoms with van der Waals surface area (Å²) >= 11 is 0. The van der Waals surface area contributed by atoms with Crippen molar-refractivity contribution in [3.8, 4) is 0 Å². The van der Waals surface area contributed by atoms with Gasteiger partial charge in [-0.2, -0.15) is 0 Å². The molecule has 452 valence electrons. The zero-order valence-electron chi connectivity index (χ0n) is 51.9. The van der Waals surface area contributed by atoms with E-state index in [-0.39, 0.29) is 31.1 Å². The Bertz CT molecular complexity index is 1590. The first-order chi connectivity index (χ1) is 39.0. The Morgan fingerprint density at radius 3 is 0.772 bits per heavy atom. The SMILES string of the molecule is CC/C=C\C/C=C\C/C=C\C/C=C\CCCCCCCCC(=O)OC(COC(=O)CCCCCCC/C=C\C/C=C\C/C=C\CC)COC(=O)CCCCCCCCCCCCCCCCC/C=C\C/C=C\CCCCCCC. The van der Waals surface area contributed by atoms with Gasteiger partial charge >= 0.3 is 17.9 Å². The normalized spacial score (nSPS) is 12.8. The van der Waals surface area contributed by atoms with Gasteiger partial charge in [-0.3, -0.25) is 14.4 Å². The number of carbonyl (C=O) groups excluding carboxylic acids is 3. The minimum absolute atomic E-state index is 0.0895. The number of rotatable bonds is 60. The van der Waals surface area contributed by atoms with Gasteiger partial charge in [0.05, 0.1) is 0 Å². The van der Waals surface area contributed by atoms with Gasteiger partial charge in [-0.15, -0.1) is 0 Å². The van der Waals surface area contributed by atoms with Crippen LogP contribution < -0.4 is 0 Å². The van der Waals surface area contributed by atoms with E-state index in [1.807, 2.05) is 0 Å². The van der Waals surface area contributed by atoms with E-state index in [9.17, 15) is 14.4 Å². The van der Waals surface area contributed by atoms with Crippen LogP contribution in [0.15, 0.2) is 109 Å². The molecule has 0 aliphatic rings. The first-order valence-corrected chi connectivity index (χ1v) is 33.4. The Hall–Kier alpha value is -3.93. The molecule has 0 aromatic rings. The highest BCUT2D eigenvalue weighted by molar-refractivity contribution is 5.71. The molecule has 0 rings (SSSR count). The van der Waals surface area contributed by atoms with Crippen LogP contribution in [0.4, 0.5) is 0 Å². The van der Waals surface area contributed by atoms with E-state index in [2.05, 4.69) is 130 Å². The summed E-state index contributed by atoms with van der Waals surface area (Å²) in [5.41, 5.74) is 0. The highest BCUT2D eigenvalue weighted by Crippen LogP contribution is 2.16. The number of hydrogen-bond acceptors (Lipinski definition) is 6. The van der Waals surface area contributed by atoms with Crippen LogP contribution in [0.25, 0.3) is 0 Å². The van der Waals surface area contributed by atoms with Crippen LogP contribution in [0.3, 0.4) is 0 Å². The lowest BCUT2D eigenvalue weighted by Crippen LogP contribution is -2.30. The van der Waals surface area contributed by atoms with Gasteiger partial charge in [0, 0.05) is 19.3 Å². The highest BCUT2D eigenvalue weighted by Gasteiger charge is 2.19. The van der Waals surface area contributed by atoms with Gasteiger partial charge in [0.2, 0.25) is 0 Å². The molecule has 0 amide bonds. The monoisotopic (exact) mass is 1100 g/mol. The molecule has 0 bridgehead atoms. The van der Waals surface area contributed by atoms with Gasteiger partial charge in [0.25, 0.3) is 0 Å². The third kappa shape index (κ3) is 64.8. The zero-order chi connectivity index (χ0) is 57.1. The molecule has 1 atom stereocenters. The molecule has 1 unspecified atom stereocenters. The molecule has 0 aromatic heterocycles. The number of allylic oxidation sites excluding steroid dienone is 18. The average molecular weight is 1100 g/mol. The summed E-state index contributed by atoms with van der Waals surface area (Å²) in [7, 11) is 0. The van der Waals surface area contributed by atoms with E-state index >= 15 is 0 Å². The molecule has 0 fully saturated rings. The lowest BCUT2D eigenvalue weighted by atomic mass is 10.0. The summed E-state index contributed by atoms with van der Waals surface area (Å²) in [6.45, 7) is 6.41. The number of unbranched alkanes of at least 4 members (excludes halogenated alkanes) is 31. The quantitative estimate of drug-likeness (QED) is 0.0261. The average Bonchev–Trinajstić information content (AvgIpc) is 3.45. The smallest absolute Gasteiger partial charge is 0.306 e. The summed E-state index contributed by atoms with van der Waals surface area (Å²) in [5, 5.41) is 0. The van der Waals surface area contributed by atoms with Gasteiger partial charge in [-0.25, -0.2) is 0 Å². The van der Waals surface area contributed by atoms with E-state index in [0.29, 0.717) is 19.3 Å². The number of hydrogen-bond donors (Lipinski definition) is 0. The summed E-state index contributed by atoms with van der Waals surface area (Å²) in [6, 6.07) is 0. The van der Waals surface area contributed by atoms with Crippen molar-refractivity contribution in [1.82, 2.24) is 0 Å². The van der Waals surface area contributed by atoms with Crippen molar-refractivity contribution in [3.63, 3.8) is 0 Å². The fourth-order valence-electron chi connectivity index (χ4n) is 9.30. The Balaban J connectivity index is 4.33. The van der Waals surface area contributed by atoms with Gasteiger partial charge in [0.15, 0.2) is 6.10 Å². The molecule has 6 nitrogen and oxygen atoms in total. The summed E-state index contributed by atoms with van der Waals surface area (Å²) in [4.78, 5) is 38.4. The molecular weight excluding hydrogens is 973 g/mol. The van der Waals surface area contributed by atoms with Crippen molar-refractivity contribution in [1.29, 1.82) is 0 Å². The Morgan fingerprint density at radius 2 is 0.494 bits per heavy atom. The standard InChI is InChI=1S/C73H124O6/c1-4-7-10-13-16-19-22-25-28-30-32-33-34-35-36-37-38-39-41-42-45-48-51-54-57-60-63-66-72(75)78-69-70(68-77-71(74)65-62-59-56-53-50-47-44-27-24-21-18-15-12-9-6-3)79-73(76)67-64-61-58-55-52-49-46-43-40-31-29-26-23-20-17-14-11-8-5-2/h8-9,11-12,17-18,20-22,25-27,29-30,32,40,43-44,70H,4-7,10,13-16,19,23-24,28,31,33-39,41-42,45-69H2,1-3H3/b11-8-,12-9-,20-17-,21-18-,25-22-,29-26-,32-30-,43-40-,44-27-. The predicted molar refractivity (Wildman–Crippen MR) is 343 cm³/mol. The van der Waals surface area contributed by atoms with E-state index in [4.69, 9.17) is 14.2 Å². The second-order valence-electron chi connectivity index (χ2n) is 22.0. The van der Waals surface area contributed by atoms with Crippen molar-refractivity contribution >= 4 is 17.9 Å². The van der Waals surface area contributed by atoms with E-state index < -0.39 is 6.10 Å². The molecule has 0 saturated carbocycles. The maximum atomic E-state index is 12.9. The van der Waals surface area contributed by atoms with E-state index in [0.717, 1.165) is 141 Å². The molecule has 0 N–H and O–H groups in total. The minimum Gasteiger partial charge on any atom is -0.462 e.